The average molecular weight is 314 g/mol. The van der Waals surface area contributed by atoms with Crippen LogP contribution in [0.3, 0.4) is 0 Å². The Hall–Kier alpha value is -2.41. The first kappa shape index (κ1) is 15.5. The summed E-state index contributed by atoms with van der Waals surface area (Å²) in [7, 11) is 4.03. The van der Waals surface area contributed by atoms with Crippen molar-refractivity contribution >= 4 is 23.1 Å². The summed E-state index contributed by atoms with van der Waals surface area (Å²) in [6.07, 6.45) is 4.11. The van der Waals surface area contributed by atoms with E-state index in [1.165, 1.54) is 0 Å². The number of nitrogens with one attached hydrogen (secondary N) is 2. The summed E-state index contributed by atoms with van der Waals surface area (Å²) in [6.45, 7) is 1.60. The Morgan fingerprint density at radius 1 is 1.26 bits per heavy atom. The molecular formula is C16H22N6O. The van der Waals surface area contributed by atoms with Crippen LogP contribution in [0.15, 0.2) is 30.5 Å². The molecule has 0 radical (unpaired) electrons. The number of anilines is 4. The topological polar surface area (TPSA) is 75.2 Å². The molecule has 0 spiro atoms. The smallest absolute Gasteiger partial charge is 0.249 e. The quantitative estimate of drug-likeness (QED) is 0.847. The van der Waals surface area contributed by atoms with E-state index in [4.69, 9.17) is 4.74 Å². The van der Waals surface area contributed by atoms with E-state index in [1.54, 1.807) is 6.20 Å². The monoisotopic (exact) mass is 314 g/mol. The minimum atomic E-state index is 0.264. The maximum atomic E-state index is 5.59. The molecule has 1 aromatic heterocycles. The van der Waals surface area contributed by atoms with Crippen molar-refractivity contribution in [3.8, 4) is 0 Å². The van der Waals surface area contributed by atoms with Crippen LogP contribution in [-0.2, 0) is 4.74 Å². The van der Waals surface area contributed by atoms with E-state index >= 15 is 0 Å². The van der Waals surface area contributed by atoms with Crippen LogP contribution in [-0.4, -0.2) is 48.5 Å². The van der Waals surface area contributed by atoms with Crippen LogP contribution < -0.4 is 15.5 Å². The van der Waals surface area contributed by atoms with Crippen LogP contribution in [0.4, 0.5) is 23.1 Å². The van der Waals surface area contributed by atoms with Gasteiger partial charge in [-0.2, -0.15) is 10.1 Å². The normalized spacial score (nSPS) is 17.0. The van der Waals surface area contributed by atoms with Gasteiger partial charge in [-0.3, -0.25) is 0 Å². The first-order chi connectivity index (χ1) is 11.2. The molecule has 1 aromatic carbocycles. The molecule has 23 heavy (non-hydrogen) atoms. The zero-order valence-electron chi connectivity index (χ0n) is 13.5. The average Bonchev–Trinajstić information content (AvgIpc) is 3.07. The number of rotatable bonds is 6. The van der Waals surface area contributed by atoms with Gasteiger partial charge in [-0.25, -0.2) is 0 Å². The highest BCUT2D eigenvalue weighted by Crippen LogP contribution is 2.18. The second-order valence-corrected chi connectivity index (χ2v) is 5.75. The molecular weight excluding hydrogens is 292 g/mol. The number of hydrogen-bond acceptors (Lipinski definition) is 7. The first-order valence-corrected chi connectivity index (χ1v) is 7.80. The third-order valence-electron chi connectivity index (χ3n) is 3.73. The van der Waals surface area contributed by atoms with Gasteiger partial charge in [0.1, 0.15) is 0 Å². The lowest BCUT2D eigenvalue weighted by Gasteiger charge is -2.13. The number of aromatic nitrogens is 3. The molecule has 3 rings (SSSR count). The predicted molar refractivity (Wildman–Crippen MR) is 91.3 cm³/mol. The number of benzene rings is 1. The van der Waals surface area contributed by atoms with Gasteiger partial charge in [0.15, 0.2) is 5.82 Å². The van der Waals surface area contributed by atoms with E-state index in [9.17, 15) is 0 Å². The fraction of sp³-hybridized carbons (Fsp3) is 0.438. The van der Waals surface area contributed by atoms with E-state index in [0.717, 1.165) is 37.4 Å². The largest absolute Gasteiger partial charge is 0.378 e. The number of hydrogen-bond donors (Lipinski definition) is 2. The Morgan fingerprint density at radius 2 is 2.09 bits per heavy atom. The van der Waals surface area contributed by atoms with E-state index in [-0.39, 0.29) is 6.10 Å². The molecule has 2 aromatic rings. The summed E-state index contributed by atoms with van der Waals surface area (Å²) >= 11 is 0. The molecule has 0 amide bonds. The van der Waals surface area contributed by atoms with Crippen molar-refractivity contribution < 1.29 is 4.74 Å². The van der Waals surface area contributed by atoms with Crippen molar-refractivity contribution in [1.82, 2.24) is 15.2 Å². The van der Waals surface area contributed by atoms with Crippen LogP contribution in [0.2, 0.25) is 0 Å². The Kier molecular flexibility index (Phi) is 4.87. The van der Waals surface area contributed by atoms with Crippen molar-refractivity contribution in [2.75, 3.05) is 42.8 Å². The summed E-state index contributed by atoms with van der Waals surface area (Å²) in [4.78, 5) is 6.48. The molecule has 0 saturated carbocycles. The second-order valence-electron chi connectivity index (χ2n) is 5.75. The minimum absolute atomic E-state index is 0.264. The van der Waals surface area contributed by atoms with Gasteiger partial charge in [0.05, 0.1) is 12.3 Å². The fourth-order valence-electron chi connectivity index (χ4n) is 2.44. The van der Waals surface area contributed by atoms with Crippen LogP contribution in [0, 0.1) is 0 Å². The standard InChI is InChI=1S/C16H22N6O/c1-22(2)13-7-5-12(6-8-13)19-16-20-15(11-18-21-16)17-10-14-4-3-9-23-14/h5-8,11,14H,3-4,9-10H2,1-2H3,(H2,17,19,20,21). The summed E-state index contributed by atoms with van der Waals surface area (Å²) in [5, 5.41) is 14.4. The van der Waals surface area contributed by atoms with Crippen molar-refractivity contribution in [1.29, 1.82) is 0 Å². The molecule has 1 aliphatic rings. The van der Waals surface area contributed by atoms with Gasteiger partial charge in [-0.1, -0.05) is 0 Å². The summed E-state index contributed by atoms with van der Waals surface area (Å²) in [5.74, 6) is 1.17. The molecule has 0 aliphatic carbocycles. The summed E-state index contributed by atoms with van der Waals surface area (Å²) in [5.41, 5.74) is 2.07. The zero-order valence-corrected chi connectivity index (χ0v) is 13.5. The highest BCUT2D eigenvalue weighted by atomic mass is 16.5. The predicted octanol–water partition coefficient (Wildman–Crippen LogP) is 2.27. The molecule has 2 N–H and O–H groups in total. The Morgan fingerprint density at radius 3 is 2.78 bits per heavy atom. The molecule has 1 aliphatic heterocycles. The highest BCUT2D eigenvalue weighted by Gasteiger charge is 2.15. The SMILES string of the molecule is CN(C)c1ccc(Nc2nncc(NCC3CCCO3)n2)cc1. The lowest BCUT2D eigenvalue weighted by molar-refractivity contribution is 0.120. The van der Waals surface area contributed by atoms with Crippen molar-refractivity contribution in [2.45, 2.75) is 18.9 Å². The molecule has 1 unspecified atom stereocenters. The van der Waals surface area contributed by atoms with Crippen molar-refractivity contribution in [2.24, 2.45) is 0 Å². The molecule has 7 heteroatoms. The molecule has 122 valence electrons. The number of ether oxygens (including phenoxy) is 1. The Balaban J connectivity index is 1.60. The summed E-state index contributed by atoms with van der Waals surface area (Å²) < 4.78 is 5.59. The lowest BCUT2D eigenvalue weighted by atomic mass is 10.2. The van der Waals surface area contributed by atoms with Crippen molar-refractivity contribution in [3.05, 3.63) is 30.5 Å². The van der Waals surface area contributed by atoms with E-state index in [1.807, 2.05) is 38.4 Å². The third kappa shape index (κ3) is 4.29. The van der Waals surface area contributed by atoms with Crippen LogP contribution in [0.5, 0.6) is 0 Å². The molecule has 0 bridgehead atoms. The second kappa shape index (κ2) is 7.23. The van der Waals surface area contributed by atoms with E-state index < -0.39 is 0 Å². The van der Waals surface area contributed by atoms with Gasteiger partial charge in [-0.15, -0.1) is 5.10 Å². The van der Waals surface area contributed by atoms with Gasteiger partial charge in [0, 0.05) is 38.6 Å². The minimum Gasteiger partial charge on any atom is -0.378 e. The molecule has 1 fully saturated rings. The molecule has 7 nitrogen and oxygen atoms in total. The van der Waals surface area contributed by atoms with Crippen LogP contribution in [0.1, 0.15) is 12.8 Å². The molecule has 2 heterocycles. The third-order valence-corrected chi connectivity index (χ3v) is 3.73. The van der Waals surface area contributed by atoms with Gasteiger partial charge in [0.25, 0.3) is 0 Å². The fourth-order valence-corrected chi connectivity index (χ4v) is 2.44. The maximum absolute atomic E-state index is 5.59. The van der Waals surface area contributed by atoms with Gasteiger partial charge >= 0.3 is 0 Å². The Labute approximate surface area is 136 Å². The highest BCUT2D eigenvalue weighted by molar-refractivity contribution is 5.59. The van der Waals surface area contributed by atoms with Gasteiger partial charge in [-0.05, 0) is 37.1 Å². The molecule has 1 atom stereocenters. The van der Waals surface area contributed by atoms with Crippen LogP contribution >= 0.6 is 0 Å². The van der Waals surface area contributed by atoms with Crippen molar-refractivity contribution in [3.63, 3.8) is 0 Å². The Bertz CT molecular complexity index is 625. The van der Waals surface area contributed by atoms with Crippen LogP contribution in [0.25, 0.3) is 0 Å². The lowest BCUT2D eigenvalue weighted by Crippen LogP contribution is -2.19. The van der Waals surface area contributed by atoms with Gasteiger partial charge < -0.3 is 20.3 Å². The van der Waals surface area contributed by atoms with E-state index in [2.05, 4.69) is 30.7 Å². The maximum Gasteiger partial charge on any atom is 0.249 e. The first-order valence-electron chi connectivity index (χ1n) is 7.80. The van der Waals surface area contributed by atoms with Gasteiger partial charge in [0.2, 0.25) is 5.95 Å². The van der Waals surface area contributed by atoms with E-state index in [0.29, 0.717) is 11.8 Å². The summed E-state index contributed by atoms with van der Waals surface area (Å²) in [6, 6.07) is 8.06. The zero-order chi connectivity index (χ0) is 16.1. The molecule has 1 saturated heterocycles. The number of nitrogens with zero attached hydrogens (tertiary/aromatic N) is 4.